The third kappa shape index (κ3) is 6.84. The molecule has 2 aromatic rings. The van der Waals surface area contributed by atoms with E-state index in [0.717, 1.165) is 0 Å². The van der Waals surface area contributed by atoms with E-state index in [1.807, 2.05) is 0 Å². The number of alkyl halides is 4. The molecule has 10 heteroatoms. The first-order valence-corrected chi connectivity index (χ1v) is 8.44. The first kappa shape index (κ1) is 21.2. The van der Waals surface area contributed by atoms with Gasteiger partial charge in [-0.25, -0.2) is 8.78 Å². The average Bonchev–Trinajstić information content (AvgIpc) is 3.04. The van der Waals surface area contributed by atoms with Crippen molar-refractivity contribution in [2.24, 2.45) is 0 Å². The second kappa shape index (κ2) is 9.70. The number of amides is 1. The quantitative estimate of drug-likeness (QED) is 0.482. The molecule has 0 spiro atoms. The lowest BCUT2D eigenvalue weighted by Crippen LogP contribution is -2.32. The maximum Gasteiger partial charge on any atom is 0.330 e. The Balaban J connectivity index is 1.77. The van der Waals surface area contributed by atoms with Gasteiger partial charge in [-0.15, -0.1) is 0 Å². The molecule has 1 heterocycles. The maximum atomic E-state index is 12.8. The standard InChI is InChI=1S/C17H18ClF4N3O2/c18-14-8-24-25(9-14)6-2-5-23-15(26)13-4-1-3-12(7-13)10-27-11-17(21,22)16(19)20/h1,3-4,7-9,16H,2,5-6,10-11H2,(H,23,26). The van der Waals surface area contributed by atoms with Crippen LogP contribution in [0.25, 0.3) is 0 Å². The van der Waals surface area contributed by atoms with Gasteiger partial charge in [-0.1, -0.05) is 23.7 Å². The van der Waals surface area contributed by atoms with Crippen LogP contribution in [-0.4, -0.2) is 41.2 Å². The summed E-state index contributed by atoms with van der Waals surface area (Å²) in [5, 5.41) is 7.27. The molecule has 1 aromatic carbocycles. The highest BCUT2D eigenvalue weighted by Gasteiger charge is 2.40. The van der Waals surface area contributed by atoms with Gasteiger partial charge in [-0.3, -0.25) is 9.48 Å². The van der Waals surface area contributed by atoms with Gasteiger partial charge in [0.25, 0.3) is 5.91 Å². The van der Waals surface area contributed by atoms with E-state index in [1.54, 1.807) is 29.1 Å². The van der Waals surface area contributed by atoms with Crippen LogP contribution in [-0.2, 0) is 17.9 Å². The van der Waals surface area contributed by atoms with Gasteiger partial charge in [0.15, 0.2) is 0 Å². The van der Waals surface area contributed by atoms with Crippen molar-refractivity contribution in [3.8, 4) is 0 Å². The summed E-state index contributed by atoms with van der Waals surface area (Å²) in [6.45, 7) is -0.709. The molecule has 1 N–H and O–H groups in total. The normalized spacial score (nSPS) is 11.8. The molecule has 0 unspecified atom stereocenters. The van der Waals surface area contributed by atoms with Crippen LogP contribution < -0.4 is 5.32 Å². The van der Waals surface area contributed by atoms with Crippen molar-refractivity contribution in [2.45, 2.75) is 31.9 Å². The molecule has 0 atom stereocenters. The van der Waals surface area contributed by atoms with Crippen LogP contribution in [0.15, 0.2) is 36.7 Å². The minimum absolute atomic E-state index is 0.302. The number of rotatable bonds is 10. The SMILES string of the molecule is O=C(NCCCn1cc(Cl)cn1)c1cccc(COCC(F)(F)C(F)F)c1. The van der Waals surface area contributed by atoms with Gasteiger partial charge in [-0.05, 0) is 24.1 Å². The van der Waals surface area contributed by atoms with Gasteiger partial charge >= 0.3 is 12.3 Å². The van der Waals surface area contributed by atoms with E-state index < -0.39 is 19.0 Å². The van der Waals surface area contributed by atoms with Crippen molar-refractivity contribution >= 4 is 17.5 Å². The Labute approximate surface area is 158 Å². The van der Waals surface area contributed by atoms with Crippen LogP contribution in [0.4, 0.5) is 17.6 Å². The second-order valence-corrected chi connectivity index (χ2v) is 6.22. The van der Waals surface area contributed by atoms with E-state index in [4.69, 9.17) is 11.6 Å². The summed E-state index contributed by atoms with van der Waals surface area (Å²) < 4.78 is 56.0. The molecule has 1 aromatic heterocycles. The van der Waals surface area contributed by atoms with Crippen molar-refractivity contribution in [1.29, 1.82) is 0 Å². The molecule has 0 bridgehead atoms. The highest BCUT2D eigenvalue weighted by Crippen LogP contribution is 2.23. The molecule has 2 rings (SSSR count). The number of hydrogen-bond acceptors (Lipinski definition) is 3. The van der Waals surface area contributed by atoms with Crippen LogP contribution in [0.2, 0.25) is 5.02 Å². The third-order valence-electron chi connectivity index (χ3n) is 3.52. The largest absolute Gasteiger partial charge is 0.370 e. The summed E-state index contributed by atoms with van der Waals surface area (Å²) >= 11 is 5.75. The molecule has 0 aliphatic carbocycles. The molecule has 0 saturated heterocycles. The minimum atomic E-state index is -4.20. The Morgan fingerprint density at radius 1 is 1.37 bits per heavy atom. The molecule has 0 aliphatic heterocycles. The van der Waals surface area contributed by atoms with Crippen molar-refractivity contribution in [2.75, 3.05) is 13.2 Å². The number of aryl methyl sites for hydroxylation is 1. The minimum Gasteiger partial charge on any atom is -0.370 e. The summed E-state index contributed by atoms with van der Waals surface area (Å²) in [4.78, 5) is 12.1. The number of benzene rings is 1. The summed E-state index contributed by atoms with van der Waals surface area (Å²) in [6.07, 6.45) is 0.0391. The number of aromatic nitrogens is 2. The van der Waals surface area contributed by atoms with E-state index in [9.17, 15) is 22.4 Å². The number of nitrogens with one attached hydrogen (secondary N) is 1. The zero-order valence-corrected chi connectivity index (χ0v) is 14.9. The molecular formula is C17H18ClF4N3O2. The molecule has 1 amide bonds. The van der Waals surface area contributed by atoms with Gasteiger partial charge < -0.3 is 10.1 Å². The molecule has 0 saturated carbocycles. The Bertz CT molecular complexity index is 755. The highest BCUT2D eigenvalue weighted by molar-refractivity contribution is 6.30. The van der Waals surface area contributed by atoms with E-state index in [0.29, 0.717) is 35.7 Å². The Morgan fingerprint density at radius 2 is 2.15 bits per heavy atom. The number of ether oxygens (including phenoxy) is 1. The molecule has 0 radical (unpaired) electrons. The lowest BCUT2D eigenvalue weighted by Gasteiger charge is -2.15. The Hall–Kier alpha value is -2.13. The third-order valence-corrected chi connectivity index (χ3v) is 3.72. The first-order valence-electron chi connectivity index (χ1n) is 8.07. The maximum absolute atomic E-state index is 12.8. The Morgan fingerprint density at radius 3 is 2.81 bits per heavy atom. The average molecular weight is 408 g/mol. The number of halogens is 5. The number of nitrogens with zero attached hydrogens (tertiary/aromatic N) is 2. The fraction of sp³-hybridized carbons (Fsp3) is 0.412. The Kier molecular flexibility index (Phi) is 7.61. The van der Waals surface area contributed by atoms with Crippen molar-refractivity contribution < 1.29 is 27.1 Å². The van der Waals surface area contributed by atoms with Crippen LogP contribution in [0, 0.1) is 0 Å². The topological polar surface area (TPSA) is 56.2 Å². The monoisotopic (exact) mass is 407 g/mol. The fourth-order valence-electron chi connectivity index (χ4n) is 2.18. The van der Waals surface area contributed by atoms with Gasteiger partial charge in [-0.2, -0.15) is 13.9 Å². The van der Waals surface area contributed by atoms with Crippen molar-refractivity contribution in [1.82, 2.24) is 15.1 Å². The van der Waals surface area contributed by atoms with E-state index in [-0.39, 0.29) is 12.5 Å². The lowest BCUT2D eigenvalue weighted by atomic mass is 10.1. The zero-order valence-electron chi connectivity index (χ0n) is 14.2. The predicted molar refractivity (Wildman–Crippen MR) is 91.2 cm³/mol. The number of carbonyl (C=O) groups is 1. The smallest absolute Gasteiger partial charge is 0.330 e. The van der Waals surface area contributed by atoms with E-state index in [1.165, 1.54) is 12.3 Å². The molecule has 27 heavy (non-hydrogen) atoms. The zero-order chi connectivity index (χ0) is 19.9. The summed E-state index contributed by atoms with van der Waals surface area (Å²) in [6, 6.07) is 6.13. The summed E-state index contributed by atoms with van der Waals surface area (Å²) in [5.41, 5.74) is 0.748. The van der Waals surface area contributed by atoms with Crippen molar-refractivity contribution in [3.63, 3.8) is 0 Å². The van der Waals surface area contributed by atoms with Gasteiger partial charge in [0.1, 0.15) is 6.61 Å². The second-order valence-electron chi connectivity index (χ2n) is 5.79. The van der Waals surface area contributed by atoms with Crippen molar-refractivity contribution in [3.05, 3.63) is 52.8 Å². The van der Waals surface area contributed by atoms with Crippen LogP contribution in [0.3, 0.4) is 0 Å². The predicted octanol–water partition coefficient (Wildman–Crippen LogP) is 3.77. The summed E-state index contributed by atoms with van der Waals surface area (Å²) in [5.74, 6) is -4.54. The summed E-state index contributed by atoms with van der Waals surface area (Å²) in [7, 11) is 0. The van der Waals surface area contributed by atoms with Crippen LogP contribution in [0.1, 0.15) is 22.3 Å². The van der Waals surface area contributed by atoms with Gasteiger partial charge in [0, 0.05) is 24.8 Å². The molecular weight excluding hydrogens is 390 g/mol. The van der Waals surface area contributed by atoms with Crippen LogP contribution in [0.5, 0.6) is 0 Å². The first-order chi connectivity index (χ1) is 12.8. The van der Waals surface area contributed by atoms with E-state index in [2.05, 4.69) is 15.2 Å². The fourth-order valence-corrected chi connectivity index (χ4v) is 2.33. The van der Waals surface area contributed by atoms with E-state index >= 15 is 0 Å². The number of carbonyl (C=O) groups excluding carboxylic acids is 1. The lowest BCUT2D eigenvalue weighted by molar-refractivity contribution is -0.168. The van der Waals surface area contributed by atoms with Crippen LogP contribution >= 0.6 is 11.6 Å². The molecule has 0 fully saturated rings. The van der Waals surface area contributed by atoms with Gasteiger partial charge in [0.2, 0.25) is 0 Å². The number of hydrogen-bond donors (Lipinski definition) is 1. The molecule has 5 nitrogen and oxygen atoms in total. The molecule has 148 valence electrons. The van der Waals surface area contributed by atoms with Gasteiger partial charge in [0.05, 0.1) is 17.8 Å². The molecule has 0 aliphatic rings. The highest BCUT2D eigenvalue weighted by atomic mass is 35.5.